The molecule has 6 heteroatoms. The van der Waals surface area contributed by atoms with Gasteiger partial charge in [-0.3, -0.25) is 9.59 Å². The van der Waals surface area contributed by atoms with E-state index in [0.29, 0.717) is 19.3 Å². The smallest absolute Gasteiger partial charge is 0.306 e. The summed E-state index contributed by atoms with van der Waals surface area (Å²) in [6.45, 7) is 6.35. The van der Waals surface area contributed by atoms with Crippen molar-refractivity contribution >= 4 is 11.9 Å². The molecular weight excluding hydrogens is 827 g/mol. The number of rotatable bonds is 52. The molecule has 0 aliphatic heterocycles. The van der Waals surface area contributed by atoms with Crippen molar-refractivity contribution in [1.82, 2.24) is 5.32 Å². The van der Waals surface area contributed by atoms with Crippen LogP contribution in [0.4, 0.5) is 0 Å². The number of ether oxygens (including phenoxy) is 1. The van der Waals surface area contributed by atoms with E-state index in [1.54, 1.807) is 0 Å². The molecule has 0 saturated carbocycles. The lowest BCUT2D eigenvalue weighted by molar-refractivity contribution is -0.151. The Labute approximate surface area is 416 Å². The van der Waals surface area contributed by atoms with E-state index in [4.69, 9.17) is 4.74 Å². The van der Waals surface area contributed by atoms with E-state index in [0.717, 1.165) is 89.9 Å². The summed E-state index contributed by atoms with van der Waals surface area (Å²) in [6.07, 6.45) is 68.6. The zero-order valence-corrected chi connectivity index (χ0v) is 44.5. The minimum atomic E-state index is -0.796. The van der Waals surface area contributed by atoms with Crippen LogP contribution in [0.15, 0.2) is 60.8 Å². The molecule has 0 rings (SSSR count). The number of unbranched alkanes of at least 4 members (excludes halogenated alkanes) is 32. The molecule has 0 bridgehead atoms. The highest BCUT2D eigenvalue weighted by Crippen LogP contribution is 2.18. The maximum Gasteiger partial charge on any atom is 0.306 e. The van der Waals surface area contributed by atoms with E-state index in [2.05, 4.69) is 86.8 Å². The van der Waals surface area contributed by atoms with Crippen molar-refractivity contribution in [2.24, 2.45) is 0 Å². The molecule has 1 amide bonds. The zero-order chi connectivity index (χ0) is 48.8. The monoisotopic (exact) mass is 938 g/mol. The van der Waals surface area contributed by atoms with Crippen LogP contribution in [0.2, 0.25) is 0 Å². The number of hydrogen-bond donors (Lipinski definition) is 3. The van der Waals surface area contributed by atoms with Crippen LogP contribution < -0.4 is 5.32 Å². The van der Waals surface area contributed by atoms with Crippen molar-refractivity contribution in [2.75, 3.05) is 6.61 Å². The van der Waals surface area contributed by atoms with Gasteiger partial charge in [-0.1, -0.05) is 261 Å². The van der Waals surface area contributed by atoms with Crippen molar-refractivity contribution in [1.29, 1.82) is 0 Å². The summed E-state index contributed by atoms with van der Waals surface area (Å²) in [5.41, 5.74) is 0. The van der Waals surface area contributed by atoms with E-state index >= 15 is 0 Å². The highest BCUT2D eigenvalue weighted by atomic mass is 16.5. The van der Waals surface area contributed by atoms with Gasteiger partial charge in [0.1, 0.15) is 6.10 Å². The maximum atomic E-state index is 13.3. The molecule has 0 saturated heterocycles. The first-order valence-electron chi connectivity index (χ1n) is 29.0. The van der Waals surface area contributed by atoms with Gasteiger partial charge < -0.3 is 20.3 Å². The lowest BCUT2D eigenvalue weighted by Crippen LogP contribution is -2.46. The van der Waals surface area contributed by atoms with Gasteiger partial charge in [-0.15, -0.1) is 0 Å². The second-order valence-corrected chi connectivity index (χ2v) is 19.7. The van der Waals surface area contributed by atoms with Gasteiger partial charge in [0.05, 0.1) is 25.2 Å². The predicted octanol–water partition coefficient (Wildman–Crippen LogP) is 18.0. The van der Waals surface area contributed by atoms with E-state index in [1.807, 2.05) is 0 Å². The number of hydrogen-bond acceptors (Lipinski definition) is 5. The van der Waals surface area contributed by atoms with Gasteiger partial charge in [-0.25, -0.2) is 0 Å². The number of nitrogens with one attached hydrogen (secondary N) is 1. The summed E-state index contributed by atoms with van der Waals surface area (Å²) < 4.78 is 5.95. The SMILES string of the molecule is CC/C=C/C=C/C=C/CCCCCCCC(CC(=O)NC(CO)C(O)CCCCCCCCCCCCCCCCCC)OC(=O)CCCCCCCCCCC/C=C\C/C=C\CCCCC. The number of aliphatic hydroxyl groups excluding tert-OH is 2. The summed E-state index contributed by atoms with van der Waals surface area (Å²) >= 11 is 0. The summed E-state index contributed by atoms with van der Waals surface area (Å²) in [4.78, 5) is 26.3. The van der Waals surface area contributed by atoms with Crippen LogP contribution in [0, 0.1) is 0 Å². The van der Waals surface area contributed by atoms with Crippen LogP contribution in [0.25, 0.3) is 0 Å². The summed E-state index contributed by atoms with van der Waals surface area (Å²) in [5.74, 6) is -0.491. The van der Waals surface area contributed by atoms with Gasteiger partial charge in [0.2, 0.25) is 5.91 Å². The topological polar surface area (TPSA) is 95.9 Å². The molecule has 0 aromatic rings. The number of allylic oxidation sites excluding steroid dienone is 10. The zero-order valence-electron chi connectivity index (χ0n) is 44.5. The molecular formula is C61H111NO5. The maximum absolute atomic E-state index is 13.3. The fraction of sp³-hybridized carbons (Fsp3) is 0.803. The van der Waals surface area contributed by atoms with Crippen molar-refractivity contribution in [2.45, 2.75) is 309 Å². The summed E-state index contributed by atoms with van der Waals surface area (Å²) in [6, 6.07) is -0.711. The molecule has 0 fully saturated rings. The largest absolute Gasteiger partial charge is 0.462 e. The number of carbonyl (C=O) groups excluding carboxylic acids is 2. The molecule has 0 aliphatic carbocycles. The van der Waals surface area contributed by atoms with Gasteiger partial charge in [-0.2, -0.15) is 0 Å². The van der Waals surface area contributed by atoms with Crippen molar-refractivity contribution in [3.05, 3.63) is 60.8 Å². The van der Waals surface area contributed by atoms with Crippen LogP contribution in [0.5, 0.6) is 0 Å². The quantitative estimate of drug-likeness (QED) is 0.0244. The molecule has 0 aliphatic rings. The minimum Gasteiger partial charge on any atom is -0.462 e. The molecule has 0 heterocycles. The van der Waals surface area contributed by atoms with E-state index in [9.17, 15) is 19.8 Å². The van der Waals surface area contributed by atoms with Gasteiger partial charge in [0, 0.05) is 6.42 Å². The third-order valence-electron chi connectivity index (χ3n) is 13.1. The predicted molar refractivity (Wildman–Crippen MR) is 292 cm³/mol. The second-order valence-electron chi connectivity index (χ2n) is 19.7. The molecule has 3 N–H and O–H groups in total. The van der Waals surface area contributed by atoms with Gasteiger partial charge in [0.15, 0.2) is 0 Å². The van der Waals surface area contributed by atoms with Crippen LogP contribution >= 0.6 is 0 Å². The third kappa shape index (κ3) is 49.8. The Bertz CT molecular complexity index is 1190. The lowest BCUT2D eigenvalue weighted by atomic mass is 10.0. The Hall–Kier alpha value is -2.44. The second kappa shape index (κ2) is 54.5. The Morgan fingerprint density at radius 3 is 1.36 bits per heavy atom. The first-order chi connectivity index (χ1) is 33.0. The van der Waals surface area contributed by atoms with Crippen molar-refractivity contribution in [3.8, 4) is 0 Å². The molecule has 0 radical (unpaired) electrons. The van der Waals surface area contributed by atoms with Crippen LogP contribution in [-0.4, -0.2) is 46.9 Å². The van der Waals surface area contributed by atoms with Crippen molar-refractivity contribution in [3.63, 3.8) is 0 Å². The standard InChI is InChI=1S/C61H111NO5/c1-4-7-10-13-16-19-22-25-27-29-30-31-33-36-39-42-45-48-51-54-61(66)67-57(52-49-46-43-40-37-34-24-21-18-15-12-9-6-3)55-60(65)62-58(56-63)59(64)53-50-47-44-41-38-35-32-28-26-23-20-17-14-11-8-5-2/h9,12,15-16,18-19,21,24-25,27,57-59,63-64H,4-8,10-11,13-14,17,20,22-23,26,28-56H2,1-3H3,(H,62,65)/b12-9+,18-15+,19-16-,24-21+,27-25-. The van der Waals surface area contributed by atoms with Gasteiger partial charge in [-0.05, 0) is 77.0 Å². The minimum absolute atomic E-state index is 0.0621. The first kappa shape index (κ1) is 64.6. The van der Waals surface area contributed by atoms with Crippen LogP contribution in [0.3, 0.4) is 0 Å². The number of amides is 1. The number of aliphatic hydroxyl groups is 2. The highest BCUT2D eigenvalue weighted by Gasteiger charge is 2.24. The Morgan fingerprint density at radius 1 is 0.463 bits per heavy atom. The molecule has 390 valence electrons. The Morgan fingerprint density at radius 2 is 0.866 bits per heavy atom. The number of carbonyl (C=O) groups is 2. The average molecular weight is 939 g/mol. The Balaban J connectivity index is 4.51. The Kier molecular flexibility index (Phi) is 52.5. The molecule has 0 aromatic heterocycles. The van der Waals surface area contributed by atoms with Crippen LogP contribution in [0.1, 0.15) is 290 Å². The molecule has 67 heavy (non-hydrogen) atoms. The molecule has 3 atom stereocenters. The molecule has 0 spiro atoms. The number of esters is 1. The fourth-order valence-electron chi connectivity index (χ4n) is 8.76. The third-order valence-corrected chi connectivity index (χ3v) is 13.1. The first-order valence-corrected chi connectivity index (χ1v) is 29.0. The van der Waals surface area contributed by atoms with Crippen molar-refractivity contribution < 1.29 is 24.5 Å². The van der Waals surface area contributed by atoms with E-state index in [-0.39, 0.29) is 24.9 Å². The van der Waals surface area contributed by atoms with Gasteiger partial charge in [0.25, 0.3) is 0 Å². The molecule has 6 nitrogen and oxygen atoms in total. The average Bonchev–Trinajstić information content (AvgIpc) is 3.32. The molecule has 0 aromatic carbocycles. The molecule has 3 unspecified atom stereocenters. The lowest BCUT2D eigenvalue weighted by Gasteiger charge is -2.24. The van der Waals surface area contributed by atoms with Gasteiger partial charge >= 0.3 is 5.97 Å². The van der Waals surface area contributed by atoms with Crippen LogP contribution in [-0.2, 0) is 14.3 Å². The summed E-state index contributed by atoms with van der Waals surface area (Å²) in [7, 11) is 0. The van der Waals surface area contributed by atoms with E-state index < -0.39 is 18.2 Å². The van der Waals surface area contributed by atoms with E-state index in [1.165, 1.54) is 154 Å². The fourth-order valence-corrected chi connectivity index (χ4v) is 8.76. The highest BCUT2D eigenvalue weighted by molar-refractivity contribution is 5.77. The normalized spacial score (nSPS) is 13.6. The summed E-state index contributed by atoms with van der Waals surface area (Å²) in [5, 5.41) is 23.9.